The van der Waals surface area contributed by atoms with Gasteiger partial charge in [0.05, 0.1) is 0 Å². The molecule has 0 spiro atoms. The zero-order valence-corrected chi connectivity index (χ0v) is 10.7. The van der Waals surface area contributed by atoms with Crippen molar-refractivity contribution in [1.29, 1.82) is 0 Å². The second-order valence-electron chi connectivity index (χ2n) is 4.22. The Morgan fingerprint density at radius 2 is 1.81 bits per heavy atom. The maximum atomic E-state index is 5.65. The van der Waals surface area contributed by atoms with E-state index in [2.05, 4.69) is 21.8 Å². The van der Waals surface area contributed by atoms with Gasteiger partial charge in [0, 0.05) is 39.8 Å². The van der Waals surface area contributed by atoms with Crippen molar-refractivity contribution >= 4 is 11.6 Å². The highest BCUT2D eigenvalue weighted by Gasteiger charge is 2.12. The van der Waals surface area contributed by atoms with E-state index in [4.69, 9.17) is 5.73 Å². The van der Waals surface area contributed by atoms with E-state index in [9.17, 15) is 0 Å². The Hall–Kier alpha value is -1.36. The van der Waals surface area contributed by atoms with Gasteiger partial charge >= 0.3 is 0 Å². The molecule has 1 unspecified atom stereocenters. The summed E-state index contributed by atoms with van der Waals surface area (Å²) in [6, 6.07) is 2.24. The molecule has 1 aromatic heterocycles. The topological polar surface area (TPSA) is 58.3 Å². The highest BCUT2D eigenvalue weighted by molar-refractivity contribution is 5.50. The van der Waals surface area contributed by atoms with E-state index in [1.54, 1.807) is 0 Å². The van der Waals surface area contributed by atoms with E-state index >= 15 is 0 Å². The Labute approximate surface area is 97.3 Å². The summed E-state index contributed by atoms with van der Waals surface area (Å²) in [4.78, 5) is 12.8. The normalized spacial score (nSPS) is 12.4. The fourth-order valence-electron chi connectivity index (χ4n) is 1.33. The summed E-state index contributed by atoms with van der Waals surface area (Å²) in [5.74, 6) is 2.60. The molecule has 0 amide bonds. The second kappa shape index (κ2) is 5.12. The molecule has 1 atom stereocenters. The van der Waals surface area contributed by atoms with E-state index < -0.39 is 0 Å². The van der Waals surface area contributed by atoms with E-state index in [1.165, 1.54) is 0 Å². The van der Waals surface area contributed by atoms with E-state index in [0.29, 0.717) is 6.54 Å². The molecule has 5 nitrogen and oxygen atoms in total. The quantitative estimate of drug-likeness (QED) is 0.811. The van der Waals surface area contributed by atoms with Crippen LogP contribution in [0.15, 0.2) is 6.07 Å². The minimum atomic E-state index is 0.268. The second-order valence-corrected chi connectivity index (χ2v) is 4.22. The van der Waals surface area contributed by atoms with E-state index in [1.807, 2.05) is 39.0 Å². The van der Waals surface area contributed by atoms with Gasteiger partial charge in [-0.1, -0.05) is 0 Å². The molecule has 0 saturated heterocycles. The van der Waals surface area contributed by atoms with Gasteiger partial charge in [0.2, 0.25) is 0 Å². The van der Waals surface area contributed by atoms with Crippen molar-refractivity contribution in [3.8, 4) is 0 Å². The van der Waals surface area contributed by atoms with Gasteiger partial charge in [-0.15, -0.1) is 0 Å². The molecule has 5 heteroatoms. The highest BCUT2D eigenvalue weighted by Crippen LogP contribution is 2.17. The number of aryl methyl sites for hydroxylation is 1. The van der Waals surface area contributed by atoms with Gasteiger partial charge in [-0.05, 0) is 13.8 Å². The summed E-state index contributed by atoms with van der Waals surface area (Å²) in [5.41, 5.74) is 5.65. The Morgan fingerprint density at radius 1 is 1.25 bits per heavy atom. The van der Waals surface area contributed by atoms with Crippen molar-refractivity contribution in [2.24, 2.45) is 5.73 Å². The molecule has 1 aromatic rings. The number of likely N-dealkylation sites (N-methyl/N-ethyl adjacent to an activating group) is 1. The standard InChI is InChI=1S/C11H21N5/c1-8(7-12)16(5)11-6-10(15(3)4)13-9(2)14-11/h6,8H,7,12H2,1-5H3. The summed E-state index contributed by atoms with van der Waals surface area (Å²) in [6.07, 6.45) is 0. The van der Waals surface area contributed by atoms with Crippen LogP contribution in [0.3, 0.4) is 0 Å². The molecule has 0 aromatic carbocycles. The van der Waals surface area contributed by atoms with Gasteiger partial charge in [-0.3, -0.25) is 0 Å². The number of hydrogen-bond donors (Lipinski definition) is 1. The molecule has 0 radical (unpaired) electrons. The van der Waals surface area contributed by atoms with Crippen LogP contribution in [0.5, 0.6) is 0 Å². The summed E-state index contributed by atoms with van der Waals surface area (Å²) >= 11 is 0. The first-order valence-corrected chi connectivity index (χ1v) is 5.41. The Bertz CT molecular complexity index is 350. The summed E-state index contributed by atoms with van der Waals surface area (Å²) in [6.45, 7) is 4.58. The van der Waals surface area contributed by atoms with Gasteiger partial charge in [-0.2, -0.15) is 0 Å². The minimum absolute atomic E-state index is 0.268. The maximum absolute atomic E-state index is 5.65. The molecule has 90 valence electrons. The molecule has 0 aliphatic carbocycles. The van der Waals surface area contributed by atoms with E-state index in [0.717, 1.165) is 17.5 Å². The average molecular weight is 223 g/mol. The van der Waals surface area contributed by atoms with Gasteiger partial charge < -0.3 is 15.5 Å². The number of aromatic nitrogens is 2. The summed E-state index contributed by atoms with van der Waals surface area (Å²) in [5, 5.41) is 0. The lowest BCUT2D eigenvalue weighted by Gasteiger charge is -2.25. The predicted molar refractivity (Wildman–Crippen MR) is 68.0 cm³/mol. The number of nitrogens with two attached hydrogens (primary N) is 1. The average Bonchev–Trinajstić information content (AvgIpc) is 2.26. The van der Waals surface area contributed by atoms with Crippen molar-refractivity contribution in [3.05, 3.63) is 11.9 Å². The largest absolute Gasteiger partial charge is 0.363 e. The van der Waals surface area contributed by atoms with Crippen LogP contribution in [0.4, 0.5) is 11.6 Å². The third-order valence-corrected chi connectivity index (χ3v) is 2.63. The molecular formula is C11H21N5. The Kier molecular flexibility index (Phi) is 4.06. The maximum Gasteiger partial charge on any atom is 0.134 e. The zero-order chi connectivity index (χ0) is 12.3. The van der Waals surface area contributed by atoms with Gasteiger partial charge in [0.25, 0.3) is 0 Å². The van der Waals surface area contributed by atoms with Crippen LogP contribution in [-0.2, 0) is 0 Å². The molecular weight excluding hydrogens is 202 g/mol. The van der Waals surface area contributed by atoms with Gasteiger partial charge in [0.1, 0.15) is 17.5 Å². The highest BCUT2D eigenvalue weighted by atomic mass is 15.2. The van der Waals surface area contributed by atoms with Crippen LogP contribution >= 0.6 is 0 Å². The molecule has 0 bridgehead atoms. The fourth-order valence-corrected chi connectivity index (χ4v) is 1.33. The first kappa shape index (κ1) is 12.7. The fraction of sp³-hybridized carbons (Fsp3) is 0.636. The van der Waals surface area contributed by atoms with Crippen molar-refractivity contribution in [3.63, 3.8) is 0 Å². The van der Waals surface area contributed by atoms with Crippen LogP contribution < -0.4 is 15.5 Å². The third-order valence-electron chi connectivity index (χ3n) is 2.63. The van der Waals surface area contributed by atoms with Crippen molar-refractivity contribution in [1.82, 2.24) is 9.97 Å². The molecule has 1 heterocycles. The number of hydrogen-bond acceptors (Lipinski definition) is 5. The van der Waals surface area contributed by atoms with Crippen LogP contribution in [0, 0.1) is 6.92 Å². The SMILES string of the molecule is Cc1nc(N(C)C)cc(N(C)C(C)CN)n1. The number of rotatable bonds is 4. The number of anilines is 2. The summed E-state index contributed by atoms with van der Waals surface area (Å²) in [7, 11) is 5.94. The van der Waals surface area contributed by atoms with Crippen LogP contribution in [0.1, 0.15) is 12.7 Å². The monoisotopic (exact) mass is 223 g/mol. The first-order valence-electron chi connectivity index (χ1n) is 5.41. The zero-order valence-electron chi connectivity index (χ0n) is 10.7. The lowest BCUT2D eigenvalue weighted by atomic mass is 10.3. The molecule has 1 rings (SSSR count). The van der Waals surface area contributed by atoms with Crippen LogP contribution in [-0.4, -0.2) is 43.7 Å². The van der Waals surface area contributed by atoms with Crippen LogP contribution in [0.2, 0.25) is 0 Å². The molecule has 2 N–H and O–H groups in total. The van der Waals surface area contributed by atoms with Crippen LogP contribution in [0.25, 0.3) is 0 Å². The number of nitrogens with zero attached hydrogens (tertiary/aromatic N) is 4. The molecule has 0 saturated carbocycles. The first-order chi connectivity index (χ1) is 7.45. The van der Waals surface area contributed by atoms with Gasteiger partial charge in [0.15, 0.2) is 0 Å². The molecule has 16 heavy (non-hydrogen) atoms. The van der Waals surface area contributed by atoms with Crippen molar-refractivity contribution in [2.75, 3.05) is 37.5 Å². The molecule has 0 fully saturated rings. The molecule has 0 aliphatic rings. The van der Waals surface area contributed by atoms with E-state index in [-0.39, 0.29) is 6.04 Å². The lowest BCUT2D eigenvalue weighted by molar-refractivity contribution is 0.684. The predicted octanol–water partition coefficient (Wildman–Crippen LogP) is 0.634. The Morgan fingerprint density at radius 3 is 2.31 bits per heavy atom. The van der Waals surface area contributed by atoms with Crippen molar-refractivity contribution < 1.29 is 0 Å². The Balaban J connectivity index is 3.04. The van der Waals surface area contributed by atoms with Crippen molar-refractivity contribution in [2.45, 2.75) is 19.9 Å². The smallest absolute Gasteiger partial charge is 0.134 e. The summed E-state index contributed by atoms with van der Waals surface area (Å²) < 4.78 is 0. The minimum Gasteiger partial charge on any atom is -0.363 e. The van der Waals surface area contributed by atoms with Gasteiger partial charge in [-0.25, -0.2) is 9.97 Å². The molecule has 0 aliphatic heterocycles. The third kappa shape index (κ3) is 2.82. The lowest BCUT2D eigenvalue weighted by Crippen LogP contribution is -2.36.